The van der Waals surface area contributed by atoms with Gasteiger partial charge < -0.3 is 5.73 Å². The summed E-state index contributed by atoms with van der Waals surface area (Å²) in [5.41, 5.74) is 5.29. The van der Waals surface area contributed by atoms with E-state index in [2.05, 4.69) is 10.8 Å². The van der Waals surface area contributed by atoms with Gasteiger partial charge in [-0.25, -0.2) is 14.6 Å². The molecule has 1 rings (SSSR count). The first-order chi connectivity index (χ1) is 4.62. The zero-order chi connectivity index (χ0) is 7.61. The Hall–Kier alpha value is -1.13. The van der Waals surface area contributed by atoms with Gasteiger partial charge in [-0.2, -0.15) is 5.10 Å². The number of hydrogen-bond donors (Lipinski definition) is 2. The fraction of sp³-hybridized carbons (Fsp3) is 0.600. The van der Waals surface area contributed by atoms with Crippen LogP contribution in [-0.2, 0) is 0 Å². The molecule has 0 heterocycles. The van der Waals surface area contributed by atoms with Gasteiger partial charge in [-0.3, -0.25) is 0 Å². The Bertz CT molecular complexity index is 176. The van der Waals surface area contributed by atoms with E-state index in [4.69, 9.17) is 0 Å². The van der Waals surface area contributed by atoms with Crippen molar-refractivity contribution in [3.8, 4) is 0 Å². The first-order valence-electron chi connectivity index (χ1n) is 2.91. The Morgan fingerprint density at radius 2 is 2.40 bits per heavy atom. The van der Waals surface area contributed by atoms with Crippen molar-refractivity contribution in [1.82, 2.24) is 5.43 Å². The molecule has 4 nitrogen and oxygen atoms in total. The number of rotatable bonds is 2. The van der Waals surface area contributed by atoms with Gasteiger partial charge in [-0.05, 0) is 12.8 Å². The lowest BCUT2D eigenvalue weighted by Crippen LogP contribution is -2.25. The number of nitrogens with zero attached hydrogens (tertiary/aromatic N) is 1. The molecule has 0 aromatic carbocycles. The van der Waals surface area contributed by atoms with Crippen LogP contribution < -0.4 is 11.2 Å². The van der Waals surface area contributed by atoms with E-state index in [-0.39, 0.29) is 0 Å². The maximum absolute atomic E-state index is 12.6. The number of carbonyl (C=O) groups is 1. The van der Waals surface area contributed by atoms with E-state index in [9.17, 15) is 9.18 Å². The van der Waals surface area contributed by atoms with Crippen LogP contribution in [0.25, 0.3) is 0 Å². The molecule has 1 aliphatic rings. The van der Waals surface area contributed by atoms with Gasteiger partial charge in [0, 0.05) is 0 Å². The predicted molar refractivity (Wildman–Crippen MR) is 34.3 cm³/mol. The number of nitrogens with two attached hydrogens (primary N) is 1. The summed E-state index contributed by atoms with van der Waals surface area (Å²) < 4.78 is 12.6. The Morgan fingerprint density at radius 1 is 1.80 bits per heavy atom. The Morgan fingerprint density at radius 3 is 2.80 bits per heavy atom. The van der Waals surface area contributed by atoms with Crippen LogP contribution in [-0.4, -0.2) is 17.9 Å². The minimum absolute atomic E-state index is 0.483. The highest BCUT2D eigenvalue weighted by Crippen LogP contribution is 2.37. The molecule has 0 aliphatic heterocycles. The number of amides is 2. The van der Waals surface area contributed by atoms with Gasteiger partial charge in [0.1, 0.15) is 5.67 Å². The summed E-state index contributed by atoms with van der Waals surface area (Å²) in [4.78, 5) is 9.98. The third kappa shape index (κ3) is 2.00. The van der Waals surface area contributed by atoms with Gasteiger partial charge in [0.2, 0.25) is 0 Å². The smallest absolute Gasteiger partial charge is 0.332 e. The van der Waals surface area contributed by atoms with Gasteiger partial charge in [-0.1, -0.05) is 0 Å². The lowest BCUT2D eigenvalue weighted by atomic mass is 10.4. The largest absolute Gasteiger partial charge is 0.350 e. The number of nitrogens with one attached hydrogen (secondary N) is 1. The van der Waals surface area contributed by atoms with Crippen LogP contribution in [0.1, 0.15) is 12.8 Å². The highest BCUT2D eigenvalue weighted by Gasteiger charge is 2.41. The number of primary amides is 1. The second-order valence-corrected chi connectivity index (χ2v) is 2.27. The minimum Gasteiger partial charge on any atom is -0.350 e. The van der Waals surface area contributed by atoms with Crippen LogP contribution in [0.3, 0.4) is 0 Å². The van der Waals surface area contributed by atoms with Crippen LogP contribution in [0.15, 0.2) is 5.10 Å². The lowest BCUT2D eigenvalue weighted by Gasteiger charge is -1.92. The van der Waals surface area contributed by atoms with Crippen molar-refractivity contribution in [2.24, 2.45) is 10.8 Å². The molecule has 2 amide bonds. The molecule has 56 valence electrons. The lowest BCUT2D eigenvalue weighted by molar-refractivity contribution is 0.249. The highest BCUT2D eigenvalue weighted by atomic mass is 19.1. The monoisotopic (exact) mass is 145 g/mol. The van der Waals surface area contributed by atoms with Crippen LogP contribution in [0, 0.1) is 0 Å². The minimum atomic E-state index is -1.28. The van der Waals surface area contributed by atoms with Crippen molar-refractivity contribution in [3.63, 3.8) is 0 Å². The second kappa shape index (κ2) is 2.24. The molecule has 0 bridgehead atoms. The molecule has 0 atom stereocenters. The Kier molecular flexibility index (Phi) is 1.57. The van der Waals surface area contributed by atoms with E-state index < -0.39 is 11.7 Å². The topological polar surface area (TPSA) is 67.5 Å². The number of hydrazone groups is 1. The summed E-state index contributed by atoms with van der Waals surface area (Å²) in [7, 11) is 0. The molecule has 0 aromatic rings. The number of hydrogen-bond acceptors (Lipinski definition) is 2. The summed E-state index contributed by atoms with van der Waals surface area (Å²) in [5.74, 6) is 0. The van der Waals surface area contributed by atoms with E-state index in [1.807, 2.05) is 5.43 Å². The van der Waals surface area contributed by atoms with Crippen LogP contribution in [0.4, 0.5) is 9.18 Å². The van der Waals surface area contributed by atoms with Crippen molar-refractivity contribution >= 4 is 12.2 Å². The maximum Gasteiger partial charge on any atom is 0.332 e. The standard InChI is InChI=1S/C5H8FN3O/c6-5(1-2-5)3-8-9-4(7)10/h3H,1-2H2,(H3,7,9,10)/b8-3+. The second-order valence-electron chi connectivity index (χ2n) is 2.27. The molecule has 0 saturated heterocycles. The van der Waals surface area contributed by atoms with E-state index in [0.717, 1.165) is 6.21 Å². The normalized spacial score (nSPS) is 20.9. The average molecular weight is 145 g/mol. The maximum atomic E-state index is 12.6. The third-order valence-electron chi connectivity index (χ3n) is 1.20. The van der Waals surface area contributed by atoms with Crippen LogP contribution in [0.2, 0.25) is 0 Å². The van der Waals surface area contributed by atoms with E-state index in [1.54, 1.807) is 0 Å². The van der Waals surface area contributed by atoms with Crippen LogP contribution >= 0.6 is 0 Å². The molecule has 1 aliphatic carbocycles. The molecule has 10 heavy (non-hydrogen) atoms. The van der Waals surface area contributed by atoms with Gasteiger partial charge >= 0.3 is 6.03 Å². The quantitative estimate of drug-likeness (QED) is 0.421. The SMILES string of the molecule is NC(=O)N/N=C/C1(F)CC1. The first-order valence-corrected chi connectivity index (χ1v) is 2.91. The molecule has 3 N–H and O–H groups in total. The van der Waals surface area contributed by atoms with Gasteiger partial charge in [0.15, 0.2) is 0 Å². The third-order valence-corrected chi connectivity index (χ3v) is 1.20. The number of alkyl halides is 1. The van der Waals surface area contributed by atoms with Crippen LogP contribution in [0.5, 0.6) is 0 Å². The van der Waals surface area contributed by atoms with E-state index in [1.165, 1.54) is 0 Å². The number of carbonyl (C=O) groups excluding carboxylic acids is 1. The predicted octanol–water partition coefficient (Wildman–Crippen LogP) is 0.143. The van der Waals surface area contributed by atoms with E-state index >= 15 is 0 Å². The van der Waals surface area contributed by atoms with Crippen molar-refractivity contribution < 1.29 is 9.18 Å². The molecule has 0 spiro atoms. The van der Waals surface area contributed by atoms with Crippen molar-refractivity contribution in [1.29, 1.82) is 0 Å². The molecule has 5 heteroatoms. The van der Waals surface area contributed by atoms with Gasteiger partial charge in [0.05, 0.1) is 6.21 Å². The highest BCUT2D eigenvalue weighted by molar-refractivity contribution is 5.76. The molecule has 0 aromatic heterocycles. The molecule has 1 saturated carbocycles. The zero-order valence-electron chi connectivity index (χ0n) is 5.30. The molecular formula is C5H8FN3O. The average Bonchev–Trinajstić information content (AvgIpc) is 2.47. The van der Waals surface area contributed by atoms with Gasteiger partial charge in [-0.15, -0.1) is 0 Å². The number of halogens is 1. The molecule has 0 radical (unpaired) electrons. The fourth-order valence-corrected chi connectivity index (χ4v) is 0.460. The fourth-order valence-electron chi connectivity index (χ4n) is 0.460. The summed E-state index contributed by atoms with van der Waals surface area (Å²) >= 11 is 0. The van der Waals surface area contributed by atoms with Crippen molar-refractivity contribution in [2.45, 2.75) is 18.5 Å². The number of urea groups is 1. The van der Waals surface area contributed by atoms with E-state index in [0.29, 0.717) is 12.8 Å². The first kappa shape index (κ1) is 6.98. The summed E-state index contributed by atoms with van der Waals surface area (Å²) in [6.45, 7) is 0. The Balaban J connectivity index is 2.23. The summed E-state index contributed by atoms with van der Waals surface area (Å²) in [5, 5.41) is 3.28. The summed E-state index contributed by atoms with van der Waals surface area (Å²) in [6, 6.07) is -0.777. The molecule has 0 unspecified atom stereocenters. The van der Waals surface area contributed by atoms with Crippen molar-refractivity contribution in [2.75, 3.05) is 0 Å². The summed E-state index contributed by atoms with van der Waals surface area (Å²) in [6.07, 6.45) is 2.03. The van der Waals surface area contributed by atoms with Gasteiger partial charge in [0.25, 0.3) is 0 Å². The molecule has 1 fully saturated rings. The van der Waals surface area contributed by atoms with Crippen molar-refractivity contribution in [3.05, 3.63) is 0 Å². The Labute approximate surface area is 57.3 Å². The molecular weight excluding hydrogens is 137 g/mol. The zero-order valence-corrected chi connectivity index (χ0v) is 5.30.